The number of benzene rings is 2. The fourth-order valence-electron chi connectivity index (χ4n) is 2.12. The lowest BCUT2D eigenvalue weighted by atomic mass is 10.1. The maximum atomic E-state index is 4.67. The van der Waals surface area contributed by atoms with Crippen LogP contribution < -0.4 is 5.43 Å². The molecule has 0 aromatic heterocycles. The monoisotopic (exact) mass is 295 g/mol. The van der Waals surface area contributed by atoms with Crippen molar-refractivity contribution in [1.82, 2.24) is 5.43 Å². The summed E-state index contributed by atoms with van der Waals surface area (Å²) in [5.74, 6) is 0.834. The first-order valence-corrected chi connectivity index (χ1v) is 7.88. The van der Waals surface area contributed by atoms with Gasteiger partial charge in [-0.15, -0.1) is 0 Å². The number of aryl methyl sites for hydroxylation is 1. The minimum Gasteiger partial charge on any atom is -0.255 e. The van der Waals surface area contributed by atoms with Crippen LogP contribution in [0.15, 0.2) is 58.6 Å². The molecule has 0 fully saturated rings. The largest absolute Gasteiger partial charge is 0.255 e. The molecule has 4 heteroatoms. The lowest BCUT2D eigenvalue weighted by Gasteiger charge is -2.15. The van der Waals surface area contributed by atoms with Crippen molar-refractivity contribution < 1.29 is 0 Å². The van der Waals surface area contributed by atoms with E-state index in [-0.39, 0.29) is 0 Å². The number of nitrogens with one attached hydrogen (secondary N) is 1. The molecule has 106 valence electrons. The van der Waals surface area contributed by atoms with Gasteiger partial charge in [-0.2, -0.15) is 5.10 Å². The molecule has 1 aliphatic rings. The highest BCUT2D eigenvalue weighted by Gasteiger charge is 2.13. The van der Waals surface area contributed by atoms with Gasteiger partial charge >= 0.3 is 0 Å². The molecule has 2 aromatic carbocycles. The third-order valence-corrected chi connectivity index (χ3v) is 4.41. The van der Waals surface area contributed by atoms with E-state index in [0.29, 0.717) is 0 Å². The zero-order chi connectivity index (χ0) is 14.7. The third kappa shape index (κ3) is 3.16. The van der Waals surface area contributed by atoms with E-state index in [1.165, 1.54) is 11.1 Å². The predicted octanol–water partition coefficient (Wildman–Crippen LogP) is 4.03. The SMILES string of the molecule is Cc1cccc(N=C2NN=C(c3ccccc3)CS2)c1C. The standard InChI is InChI=1S/C17H17N3S/c1-12-7-6-10-15(13(12)2)18-17-20-19-16(11-21-17)14-8-4-3-5-9-14/h3-10H,11H2,1-2H3,(H,18,20). The van der Waals surface area contributed by atoms with Gasteiger partial charge in [0, 0.05) is 5.75 Å². The Balaban J connectivity index is 1.80. The summed E-state index contributed by atoms with van der Waals surface area (Å²) >= 11 is 1.68. The number of aliphatic imine (C=N–C) groups is 1. The van der Waals surface area contributed by atoms with Gasteiger partial charge in [-0.25, -0.2) is 4.99 Å². The Hall–Kier alpha value is -2.07. The maximum Gasteiger partial charge on any atom is 0.182 e. The number of nitrogens with zero attached hydrogens (tertiary/aromatic N) is 2. The number of rotatable bonds is 2. The number of amidine groups is 1. The second-order valence-corrected chi connectivity index (χ2v) is 5.93. The first-order chi connectivity index (χ1) is 10.2. The van der Waals surface area contributed by atoms with Crippen molar-refractivity contribution in [1.29, 1.82) is 0 Å². The molecular formula is C17H17N3S. The third-order valence-electron chi connectivity index (χ3n) is 3.54. The maximum absolute atomic E-state index is 4.67. The molecule has 0 unspecified atom stereocenters. The number of hydrogen-bond donors (Lipinski definition) is 1. The van der Waals surface area contributed by atoms with E-state index >= 15 is 0 Å². The first-order valence-electron chi connectivity index (χ1n) is 6.90. The van der Waals surface area contributed by atoms with Crippen molar-refractivity contribution in [3.63, 3.8) is 0 Å². The minimum absolute atomic E-state index is 0.834. The van der Waals surface area contributed by atoms with E-state index in [2.05, 4.69) is 47.6 Å². The number of hydrazone groups is 1. The van der Waals surface area contributed by atoms with Crippen LogP contribution in [0.25, 0.3) is 0 Å². The van der Waals surface area contributed by atoms with Gasteiger partial charge in [0.15, 0.2) is 5.17 Å². The van der Waals surface area contributed by atoms with E-state index in [0.717, 1.165) is 27.9 Å². The molecule has 1 aliphatic heterocycles. The molecule has 21 heavy (non-hydrogen) atoms. The van der Waals surface area contributed by atoms with Gasteiger partial charge in [0.1, 0.15) is 0 Å². The Bertz CT molecular complexity index is 705. The molecule has 3 rings (SSSR count). The van der Waals surface area contributed by atoms with Gasteiger partial charge in [-0.05, 0) is 36.6 Å². The van der Waals surface area contributed by atoms with Crippen molar-refractivity contribution in [2.45, 2.75) is 13.8 Å². The fourth-order valence-corrected chi connectivity index (χ4v) is 2.90. The normalized spacial score (nSPS) is 16.5. The lowest BCUT2D eigenvalue weighted by Crippen LogP contribution is -2.25. The van der Waals surface area contributed by atoms with Crippen molar-refractivity contribution in [3.05, 3.63) is 65.2 Å². The average molecular weight is 295 g/mol. The first kappa shape index (κ1) is 13.9. The second-order valence-electron chi connectivity index (χ2n) is 4.96. The summed E-state index contributed by atoms with van der Waals surface area (Å²) in [5, 5.41) is 5.29. The topological polar surface area (TPSA) is 36.8 Å². The molecule has 2 aromatic rings. The second kappa shape index (κ2) is 6.14. The predicted molar refractivity (Wildman–Crippen MR) is 91.6 cm³/mol. The molecule has 0 saturated carbocycles. The Morgan fingerprint density at radius 3 is 2.57 bits per heavy atom. The minimum atomic E-state index is 0.834. The van der Waals surface area contributed by atoms with Crippen LogP contribution in [0.4, 0.5) is 5.69 Å². The van der Waals surface area contributed by atoms with E-state index in [9.17, 15) is 0 Å². The number of hydrogen-bond acceptors (Lipinski definition) is 3. The van der Waals surface area contributed by atoms with Crippen molar-refractivity contribution in [2.24, 2.45) is 10.1 Å². The fraction of sp³-hybridized carbons (Fsp3) is 0.176. The summed E-state index contributed by atoms with van der Waals surface area (Å²) in [6, 6.07) is 16.4. The molecule has 0 radical (unpaired) electrons. The molecule has 0 bridgehead atoms. The van der Waals surface area contributed by atoms with Gasteiger partial charge in [0.05, 0.1) is 11.4 Å². The molecule has 1 N–H and O–H groups in total. The summed E-state index contributed by atoms with van der Waals surface area (Å²) in [7, 11) is 0. The van der Waals surface area contributed by atoms with Crippen LogP contribution in [-0.4, -0.2) is 16.6 Å². The molecule has 0 amide bonds. The molecule has 3 nitrogen and oxygen atoms in total. The zero-order valence-corrected chi connectivity index (χ0v) is 12.9. The van der Waals surface area contributed by atoms with Gasteiger partial charge < -0.3 is 0 Å². The Morgan fingerprint density at radius 1 is 1.05 bits per heavy atom. The van der Waals surface area contributed by atoms with E-state index in [1.807, 2.05) is 30.3 Å². The smallest absolute Gasteiger partial charge is 0.182 e. The average Bonchev–Trinajstić information content (AvgIpc) is 2.53. The van der Waals surface area contributed by atoms with Crippen LogP contribution in [0.5, 0.6) is 0 Å². The van der Waals surface area contributed by atoms with Crippen molar-refractivity contribution in [3.8, 4) is 0 Å². The molecule has 0 saturated heterocycles. The van der Waals surface area contributed by atoms with Crippen LogP contribution in [0.1, 0.15) is 16.7 Å². The van der Waals surface area contributed by atoms with Crippen LogP contribution in [0.3, 0.4) is 0 Å². The van der Waals surface area contributed by atoms with Crippen molar-refractivity contribution >= 4 is 28.3 Å². The summed E-state index contributed by atoms with van der Waals surface area (Å²) in [6.45, 7) is 4.20. The zero-order valence-electron chi connectivity index (χ0n) is 12.1. The molecular weight excluding hydrogens is 278 g/mol. The summed E-state index contributed by atoms with van der Waals surface area (Å²) in [4.78, 5) is 4.67. The van der Waals surface area contributed by atoms with Gasteiger partial charge in [-0.3, -0.25) is 5.43 Å². The highest BCUT2D eigenvalue weighted by molar-refractivity contribution is 8.14. The summed E-state index contributed by atoms with van der Waals surface area (Å²) in [5.41, 5.74) is 8.75. The van der Waals surface area contributed by atoms with Crippen molar-refractivity contribution in [2.75, 3.05) is 5.75 Å². The van der Waals surface area contributed by atoms with Crippen LogP contribution in [0.2, 0.25) is 0 Å². The number of thioether (sulfide) groups is 1. The molecule has 1 heterocycles. The van der Waals surface area contributed by atoms with Gasteiger partial charge in [0.25, 0.3) is 0 Å². The quantitative estimate of drug-likeness (QED) is 0.908. The highest BCUT2D eigenvalue weighted by atomic mass is 32.2. The van der Waals surface area contributed by atoms with Gasteiger partial charge in [0.2, 0.25) is 0 Å². The molecule has 0 spiro atoms. The van der Waals surface area contributed by atoms with E-state index in [4.69, 9.17) is 0 Å². The lowest BCUT2D eigenvalue weighted by molar-refractivity contribution is 1.03. The Morgan fingerprint density at radius 2 is 1.86 bits per heavy atom. The summed E-state index contributed by atoms with van der Waals surface area (Å²) < 4.78 is 0. The Labute approximate surface area is 129 Å². The highest BCUT2D eigenvalue weighted by Crippen LogP contribution is 2.23. The van der Waals surface area contributed by atoms with E-state index < -0.39 is 0 Å². The summed E-state index contributed by atoms with van der Waals surface area (Å²) in [6.07, 6.45) is 0. The van der Waals surface area contributed by atoms with E-state index in [1.54, 1.807) is 11.8 Å². The van der Waals surface area contributed by atoms with Crippen LogP contribution >= 0.6 is 11.8 Å². The van der Waals surface area contributed by atoms with Crippen LogP contribution in [-0.2, 0) is 0 Å². The Kier molecular flexibility index (Phi) is 4.06. The molecule has 0 aliphatic carbocycles. The van der Waals surface area contributed by atoms with Gasteiger partial charge in [-0.1, -0.05) is 54.2 Å². The molecule has 0 atom stereocenters. The van der Waals surface area contributed by atoms with Crippen LogP contribution in [0, 0.1) is 13.8 Å².